The minimum absolute atomic E-state index is 0.0132. The van der Waals surface area contributed by atoms with Crippen LogP contribution in [0.2, 0.25) is 5.02 Å². The highest BCUT2D eigenvalue weighted by Gasteiger charge is 2.38. The smallest absolute Gasteiger partial charge is 0.347 e. The molecule has 1 amide bonds. The normalized spacial score (nSPS) is 12.1. The van der Waals surface area contributed by atoms with Gasteiger partial charge in [-0.2, -0.15) is 17.9 Å². The molecule has 0 aliphatic carbocycles. The number of aromatic nitrogens is 4. The van der Waals surface area contributed by atoms with Crippen LogP contribution >= 0.6 is 11.6 Å². The number of hydrogen-bond donors (Lipinski definition) is 1. The van der Waals surface area contributed by atoms with E-state index in [9.17, 15) is 18.0 Å². The van der Waals surface area contributed by atoms with Gasteiger partial charge in [0.1, 0.15) is 0 Å². The zero-order chi connectivity index (χ0) is 22.1. The van der Waals surface area contributed by atoms with E-state index in [0.717, 1.165) is 0 Å². The highest BCUT2D eigenvalue weighted by atomic mass is 35.5. The largest absolute Gasteiger partial charge is 0.453 e. The highest BCUT2D eigenvalue weighted by Crippen LogP contribution is 2.31. The number of amides is 1. The summed E-state index contributed by atoms with van der Waals surface area (Å²) in [5, 5.41) is 13.1. The molecule has 0 saturated carbocycles. The Morgan fingerprint density at radius 3 is 2.37 bits per heavy atom. The van der Waals surface area contributed by atoms with Gasteiger partial charge in [-0.25, -0.2) is 0 Å². The van der Waals surface area contributed by atoms with Gasteiger partial charge in [0.25, 0.3) is 11.7 Å². The van der Waals surface area contributed by atoms with Crippen molar-refractivity contribution in [1.82, 2.24) is 25.5 Å². The number of halogens is 4. The molecule has 158 valence electrons. The third-order valence-electron chi connectivity index (χ3n) is 4.66. The molecule has 30 heavy (non-hydrogen) atoms. The van der Waals surface area contributed by atoms with Crippen molar-refractivity contribution in [2.45, 2.75) is 38.9 Å². The summed E-state index contributed by atoms with van der Waals surface area (Å²) in [6, 6.07) is 11.1. The molecule has 0 saturated heterocycles. The molecular weight excluding hydrogens is 419 g/mol. The zero-order valence-electron chi connectivity index (χ0n) is 16.5. The first kappa shape index (κ1) is 21.8. The van der Waals surface area contributed by atoms with Crippen LogP contribution in [0, 0.1) is 0 Å². The Hall–Kier alpha value is -2.94. The highest BCUT2D eigenvalue weighted by molar-refractivity contribution is 6.30. The van der Waals surface area contributed by atoms with Crippen LogP contribution in [0.4, 0.5) is 13.2 Å². The standard InChI is InChI=1S/C20H19ClF3N5O/c1-4-19(2,3)25-17(30)14-9-13(12-5-7-15(21)8-6-12)10-16(11-14)29-18(20(22,23)24)26-27-28-29/h5-11H,4H2,1-3H3,(H,25,30). The Balaban J connectivity index is 2.15. The molecule has 0 atom stereocenters. The fourth-order valence-electron chi connectivity index (χ4n) is 2.68. The van der Waals surface area contributed by atoms with E-state index < -0.39 is 23.4 Å². The predicted molar refractivity (Wildman–Crippen MR) is 106 cm³/mol. The van der Waals surface area contributed by atoms with Gasteiger partial charge >= 0.3 is 6.18 Å². The van der Waals surface area contributed by atoms with Gasteiger partial charge in [0, 0.05) is 16.1 Å². The minimum Gasteiger partial charge on any atom is -0.347 e. The maximum absolute atomic E-state index is 13.3. The fraction of sp³-hybridized carbons (Fsp3) is 0.300. The van der Waals surface area contributed by atoms with E-state index >= 15 is 0 Å². The molecule has 3 aromatic rings. The molecule has 6 nitrogen and oxygen atoms in total. The quantitative estimate of drug-likeness (QED) is 0.615. The number of tetrazole rings is 1. The van der Waals surface area contributed by atoms with E-state index in [1.807, 2.05) is 20.8 Å². The Bertz CT molecular complexity index is 1060. The van der Waals surface area contributed by atoms with E-state index in [1.165, 1.54) is 12.1 Å². The van der Waals surface area contributed by atoms with Crippen LogP contribution in [0.15, 0.2) is 42.5 Å². The van der Waals surface area contributed by atoms with E-state index in [4.69, 9.17) is 11.6 Å². The van der Waals surface area contributed by atoms with Crippen molar-refractivity contribution in [2.75, 3.05) is 0 Å². The number of carbonyl (C=O) groups excluding carboxylic acids is 1. The van der Waals surface area contributed by atoms with Crippen LogP contribution in [0.1, 0.15) is 43.4 Å². The monoisotopic (exact) mass is 437 g/mol. The lowest BCUT2D eigenvalue weighted by Crippen LogP contribution is -2.42. The second-order valence-corrected chi connectivity index (χ2v) is 7.82. The van der Waals surface area contributed by atoms with Gasteiger partial charge in [0.05, 0.1) is 5.69 Å². The van der Waals surface area contributed by atoms with Crippen molar-refractivity contribution in [3.05, 3.63) is 58.9 Å². The molecule has 0 fully saturated rings. The van der Waals surface area contributed by atoms with Crippen LogP contribution in [-0.4, -0.2) is 31.7 Å². The lowest BCUT2D eigenvalue weighted by molar-refractivity contribution is -0.146. The summed E-state index contributed by atoms with van der Waals surface area (Å²) >= 11 is 5.93. The SMILES string of the molecule is CCC(C)(C)NC(=O)c1cc(-c2ccc(Cl)cc2)cc(-n2nnnc2C(F)(F)F)c1. The van der Waals surface area contributed by atoms with Crippen molar-refractivity contribution in [2.24, 2.45) is 0 Å². The summed E-state index contributed by atoms with van der Waals surface area (Å²) < 4.78 is 40.5. The summed E-state index contributed by atoms with van der Waals surface area (Å²) in [6.07, 6.45) is -4.08. The molecule has 0 unspecified atom stereocenters. The molecule has 3 rings (SSSR count). The molecular formula is C20H19ClF3N5O. The Kier molecular flexibility index (Phi) is 5.85. The Labute approximate surface area is 176 Å². The second-order valence-electron chi connectivity index (χ2n) is 7.38. The molecule has 1 heterocycles. The molecule has 0 spiro atoms. The Morgan fingerprint density at radius 2 is 1.77 bits per heavy atom. The molecule has 0 radical (unpaired) electrons. The topological polar surface area (TPSA) is 72.7 Å². The summed E-state index contributed by atoms with van der Waals surface area (Å²) in [5.74, 6) is -1.70. The van der Waals surface area contributed by atoms with Crippen LogP contribution < -0.4 is 5.32 Å². The van der Waals surface area contributed by atoms with E-state index in [1.54, 1.807) is 30.3 Å². The van der Waals surface area contributed by atoms with Crippen LogP contribution in [0.5, 0.6) is 0 Å². The summed E-state index contributed by atoms with van der Waals surface area (Å²) in [4.78, 5) is 12.8. The molecule has 0 aliphatic rings. The maximum Gasteiger partial charge on any atom is 0.453 e. The number of alkyl halides is 3. The fourth-order valence-corrected chi connectivity index (χ4v) is 2.81. The van der Waals surface area contributed by atoms with Gasteiger partial charge in [0.15, 0.2) is 0 Å². The van der Waals surface area contributed by atoms with Crippen molar-refractivity contribution in [3.8, 4) is 16.8 Å². The third kappa shape index (κ3) is 4.79. The van der Waals surface area contributed by atoms with E-state index in [0.29, 0.717) is 27.3 Å². The van der Waals surface area contributed by atoms with Gasteiger partial charge in [-0.05, 0) is 72.2 Å². The molecule has 1 aromatic heterocycles. The second kappa shape index (κ2) is 8.06. The average molecular weight is 438 g/mol. The predicted octanol–water partition coefficient (Wildman–Crippen LogP) is 4.92. The number of nitrogens with zero attached hydrogens (tertiary/aromatic N) is 4. The van der Waals surface area contributed by atoms with Crippen molar-refractivity contribution < 1.29 is 18.0 Å². The molecule has 10 heteroatoms. The number of benzene rings is 2. The third-order valence-corrected chi connectivity index (χ3v) is 4.91. The van der Waals surface area contributed by atoms with Gasteiger partial charge in [0.2, 0.25) is 0 Å². The number of carbonyl (C=O) groups is 1. The van der Waals surface area contributed by atoms with Gasteiger partial charge < -0.3 is 5.32 Å². The van der Waals surface area contributed by atoms with Crippen molar-refractivity contribution in [3.63, 3.8) is 0 Å². The van der Waals surface area contributed by atoms with Gasteiger partial charge in [-0.15, -0.1) is 5.10 Å². The average Bonchev–Trinajstić information content (AvgIpc) is 3.18. The van der Waals surface area contributed by atoms with Crippen LogP contribution in [-0.2, 0) is 6.18 Å². The first-order valence-electron chi connectivity index (χ1n) is 9.09. The van der Waals surface area contributed by atoms with Gasteiger partial charge in [-0.3, -0.25) is 4.79 Å². The first-order valence-corrected chi connectivity index (χ1v) is 9.47. The van der Waals surface area contributed by atoms with Crippen LogP contribution in [0.25, 0.3) is 16.8 Å². The number of nitrogens with one attached hydrogen (secondary N) is 1. The lowest BCUT2D eigenvalue weighted by Gasteiger charge is -2.24. The van der Waals surface area contributed by atoms with E-state index in [2.05, 4.69) is 20.8 Å². The molecule has 2 aromatic carbocycles. The lowest BCUT2D eigenvalue weighted by atomic mass is 9.99. The van der Waals surface area contributed by atoms with Crippen molar-refractivity contribution in [1.29, 1.82) is 0 Å². The van der Waals surface area contributed by atoms with Crippen LogP contribution in [0.3, 0.4) is 0 Å². The maximum atomic E-state index is 13.3. The van der Waals surface area contributed by atoms with Gasteiger partial charge in [-0.1, -0.05) is 30.7 Å². The zero-order valence-corrected chi connectivity index (χ0v) is 17.2. The molecule has 0 aliphatic heterocycles. The first-order chi connectivity index (χ1) is 14.0. The minimum atomic E-state index is -4.76. The van der Waals surface area contributed by atoms with Crippen molar-refractivity contribution >= 4 is 17.5 Å². The van der Waals surface area contributed by atoms with E-state index in [-0.39, 0.29) is 11.3 Å². The molecule has 0 bridgehead atoms. The number of rotatable bonds is 5. The summed E-state index contributed by atoms with van der Waals surface area (Å²) in [5.41, 5.74) is 0.903. The number of hydrogen-bond acceptors (Lipinski definition) is 4. The molecule has 1 N–H and O–H groups in total. The summed E-state index contributed by atoms with van der Waals surface area (Å²) in [7, 11) is 0. The Morgan fingerprint density at radius 1 is 1.10 bits per heavy atom. The summed E-state index contributed by atoms with van der Waals surface area (Å²) in [6.45, 7) is 5.64.